The van der Waals surface area contributed by atoms with Crippen molar-refractivity contribution in [2.75, 3.05) is 0 Å². The monoisotopic (exact) mass is 324 g/mol. The Morgan fingerprint density at radius 1 is 1.18 bits per heavy atom. The Morgan fingerprint density at radius 3 is 1.65 bits per heavy atom. The van der Waals surface area contributed by atoms with E-state index in [0.717, 1.165) is 0 Å². The zero-order valence-electron chi connectivity index (χ0n) is 10.8. The van der Waals surface area contributed by atoms with Crippen molar-refractivity contribution in [2.24, 2.45) is 5.41 Å². The second-order valence-electron chi connectivity index (χ2n) is 3.86. The van der Waals surface area contributed by atoms with Gasteiger partial charge in [0.15, 0.2) is 0 Å². The fourth-order valence-corrected chi connectivity index (χ4v) is 1.49. The molecule has 1 rings (SSSR count). The first-order valence-corrected chi connectivity index (χ1v) is 6.57. The van der Waals surface area contributed by atoms with Crippen LogP contribution < -0.4 is 0 Å². The van der Waals surface area contributed by atoms with Gasteiger partial charge in [0.1, 0.15) is 0 Å². The van der Waals surface area contributed by atoms with E-state index in [1.165, 1.54) is 25.7 Å². The van der Waals surface area contributed by atoms with E-state index >= 15 is 0 Å². The second-order valence-corrected chi connectivity index (χ2v) is 5.00. The Hall–Kier alpha value is -0.777. The van der Waals surface area contributed by atoms with Gasteiger partial charge in [0.05, 0.1) is 0 Å². The maximum Gasteiger partial charge on any atom is -0.229 e. The normalized spacial score (nSPS) is 15.6. The Morgan fingerprint density at radius 2 is 1.59 bits per heavy atom. The maximum atomic E-state index is 9.06. The molecular formula is C13H18O3Ru-2. The molecule has 3 nitrogen and oxygen atoms in total. The van der Waals surface area contributed by atoms with Gasteiger partial charge in [-0.15, -0.1) is 6.92 Å². The average Bonchev–Trinajstić information content (AvgIpc) is 2.47. The predicted molar refractivity (Wildman–Crippen MR) is 63.3 cm³/mol. The molecule has 0 aromatic carbocycles. The van der Waals surface area contributed by atoms with Crippen LogP contribution in [0.25, 0.3) is 0 Å². The largest absolute Gasteiger partial charge is 0.569 e. The smallest absolute Gasteiger partial charge is 0.229 e. The van der Waals surface area contributed by atoms with Crippen LogP contribution in [0, 0.1) is 18.6 Å². The van der Waals surface area contributed by atoms with E-state index in [4.69, 9.17) is 14.7 Å². The Bertz CT molecular complexity index is 402. The summed E-state index contributed by atoms with van der Waals surface area (Å²) in [6, 6.07) is 0. The number of hydrogen-bond donors (Lipinski definition) is 1. The van der Waals surface area contributed by atoms with E-state index in [1.807, 2.05) is 0 Å². The van der Waals surface area contributed by atoms with E-state index in [0.29, 0.717) is 0 Å². The molecule has 0 radical (unpaired) electrons. The summed E-state index contributed by atoms with van der Waals surface area (Å²) in [5.41, 5.74) is 4.39. The predicted octanol–water partition coefficient (Wildman–Crippen LogP) is 2.47. The molecule has 98 valence electrons. The van der Waals surface area contributed by atoms with Crippen LogP contribution in [-0.4, -0.2) is 14.1 Å². The van der Waals surface area contributed by atoms with E-state index in [9.17, 15) is 0 Å². The van der Waals surface area contributed by atoms with Crippen LogP contribution in [0.5, 0.6) is 0 Å². The van der Waals surface area contributed by atoms with Gasteiger partial charge in [-0.05, 0) is 0 Å². The molecule has 1 aliphatic rings. The zero-order chi connectivity index (χ0) is 14.1. The molecule has 0 aromatic rings. The van der Waals surface area contributed by atoms with Crippen molar-refractivity contribution >= 4 is 8.95 Å². The van der Waals surface area contributed by atoms with Gasteiger partial charge in [0, 0.05) is 0 Å². The number of allylic oxidation sites excluding steroid dienone is 4. The topological polar surface area (TPSA) is 54.4 Å². The number of rotatable bonds is 0. The standard InChI is InChI=1S/C10H15.CH3O.2CO.Ru/c1-7-6-10(4,5)9(3)8(7)2;3*1-2;/h1-5H3;2H,1H2;;;/q2*-1;;;. The van der Waals surface area contributed by atoms with Crippen LogP contribution in [0.15, 0.2) is 16.7 Å². The van der Waals surface area contributed by atoms with Crippen molar-refractivity contribution in [1.29, 1.82) is 0 Å². The summed E-state index contributed by atoms with van der Waals surface area (Å²) < 4.78 is 2.87. The van der Waals surface area contributed by atoms with Gasteiger partial charge < -0.3 is 5.11 Å². The molecule has 0 fully saturated rings. The first-order valence-electron chi connectivity index (χ1n) is 4.83. The molecule has 0 aliphatic heterocycles. The molecule has 17 heavy (non-hydrogen) atoms. The van der Waals surface area contributed by atoms with Gasteiger partial charge in [-0.25, -0.2) is 12.7 Å². The van der Waals surface area contributed by atoms with E-state index < -0.39 is 16.2 Å². The molecule has 0 saturated carbocycles. The third-order valence-electron chi connectivity index (χ3n) is 2.63. The summed E-state index contributed by atoms with van der Waals surface area (Å²) in [5.74, 6) is 0. The van der Waals surface area contributed by atoms with Crippen molar-refractivity contribution in [1.82, 2.24) is 0 Å². The molecule has 0 atom stereocenters. The molecule has 0 amide bonds. The van der Waals surface area contributed by atoms with Crippen molar-refractivity contribution in [3.05, 3.63) is 29.9 Å². The van der Waals surface area contributed by atoms with Gasteiger partial charge in [-0.3, -0.25) is 6.08 Å². The summed E-state index contributed by atoms with van der Waals surface area (Å²) in [4.78, 5) is 18.1. The molecule has 0 bridgehead atoms. The van der Waals surface area contributed by atoms with Crippen molar-refractivity contribution in [2.45, 2.75) is 34.6 Å². The SMILES string of the molecule is CC1=[C-]C(C)(C)C(C)=C1C.O=[C]=[Ru]=[C]=O.[CH2-]O. The molecule has 1 N–H and O–H groups in total. The number of aliphatic hydroxyl groups is 1. The van der Waals surface area contributed by atoms with Crippen LogP contribution in [-0.2, 0) is 25.8 Å². The van der Waals surface area contributed by atoms with Crippen LogP contribution in [0.1, 0.15) is 34.6 Å². The third-order valence-corrected chi connectivity index (χ3v) is 2.99. The zero-order valence-corrected chi connectivity index (χ0v) is 12.6. The van der Waals surface area contributed by atoms with Crippen molar-refractivity contribution in [3.8, 4) is 0 Å². The van der Waals surface area contributed by atoms with Gasteiger partial charge in [-0.1, -0.05) is 33.1 Å². The molecule has 0 saturated heterocycles. The minimum Gasteiger partial charge on any atom is -0.569 e. The van der Waals surface area contributed by atoms with Crippen molar-refractivity contribution in [3.63, 3.8) is 0 Å². The van der Waals surface area contributed by atoms with Gasteiger partial charge >= 0.3 is 34.8 Å². The Kier molecular flexibility index (Phi) is 10.1. The quantitative estimate of drug-likeness (QED) is 0.550. The molecule has 1 aliphatic carbocycles. The van der Waals surface area contributed by atoms with Crippen LogP contribution in [0.2, 0.25) is 0 Å². The summed E-state index contributed by atoms with van der Waals surface area (Å²) in [7, 11) is 2.25. The summed E-state index contributed by atoms with van der Waals surface area (Å²) >= 11 is -0.842. The van der Waals surface area contributed by atoms with Gasteiger partial charge in [0.25, 0.3) is 0 Å². The molecule has 4 heteroatoms. The molecule has 0 spiro atoms. The first-order chi connectivity index (χ1) is 7.86. The van der Waals surface area contributed by atoms with Crippen LogP contribution >= 0.6 is 0 Å². The van der Waals surface area contributed by atoms with E-state index in [-0.39, 0.29) is 5.41 Å². The molecule has 0 unspecified atom stereocenters. The molecule has 0 aromatic heterocycles. The number of hydrogen-bond acceptors (Lipinski definition) is 3. The summed E-state index contributed by atoms with van der Waals surface area (Å²) in [5, 5.41) is 6.75. The molecule has 0 heterocycles. The Balaban J connectivity index is 0. The third kappa shape index (κ3) is 6.51. The average molecular weight is 323 g/mol. The number of carbonyl (C=O) groups excluding carboxylic acids is 2. The maximum absolute atomic E-state index is 9.06. The van der Waals surface area contributed by atoms with Gasteiger partial charge in [0.2, 0.25) is 0 Å². The molecular weight excluding hydrogens is 305 g/mol. The second kappa shape index (κ2) is 9.27. The Labute approximate surface area is 110 Å². The van der Waals surface area contributed by atoms with Gasteiger partial charge in [-0.2, -0.15) is 11.1 Å². The minimum atomic E-state index is -0.842. The van der Waals surface area contributed by atoms with Crippen LogP contribution in [0.3, 0.4) is 0 Å². The first kappa shape index (κ1) is 18.6. The number of aliphatic hydroxyl groups excluding tert-OH is 1. The van der Waals surface area contributed by atoms with Crippen LogP contribution in [0.4, 0.5) is 0 Å². The van der Waals surface area contributed by atoms with Crippen molar-refractivity contribution < 1.29 is 30.9 Å². The van der Waals surface area contributed by atoms with E-state index in [1.54, 1.807) is 0 Å². The minimum absolute atomic E-state index is 0.189. The fourth-order valence-electron chi connectivity index (χ4n) is 1.42. The van der Waals surface area contributed by atoms with E-state index in [2.05, 4.69) is 47.8 Å². The summed E-state index contributed by atoms with van der Waals surface area (Å²) in [6.45, 7) is 10.9. The fraction of sp³-hybridized carbons (Fsp3) is 0.462. The summed E-state index contributed by atoms with van der Waals surface area (Å²) in [6.07, 6.45) is 3.44.